The maximum Gasteiger partial charge on any atom is 0.242 e. The van der Waals surface area contributed by atoms with Crippen molar-refractivity contribution in [1.29, 1.82) is 0 Å². The summed E-state index contributed by atoms with van der Waals surface area (Å²) in [5, 5.41) is 12.1. The van der Waals surface area contributed by atoms with Crippen LogP contribution in [0, 0.1) is 5.92 Å². The van der Waals surface area contributed by atoms with E-state index in [1.165, 1.54) is 0 Å². The van der Waals surface area contributed by atoms with Crippen LogP contribution in [0.25, 0.3) is 0 Å². The molecule has 1 saturated carbocycles. The number of nitrogens with one attached hydrogen (secondary N) is 4. The highest BCUT2D eigenvalue weighted by molar-refractivity contribution is 5.95. The Morgan fingerprint density at radius 2 is 1.73 bits per heavy atom. The summed E-state index contributed by atoms with van der Waals surface area (Å²) < 4.78 is 5.66. The van der Waals surface area contributed by atoms with E-state index >= 15 is 0 Å². The Kier molecular flexibility index (Phi) is 8.50. The molecule has 30 heavy (non-hydrogen) atoms. The summed E-state index contributed by atoms with van der Waals surface area (Å²) in [4.78, 5) is 28.2. The Hall–Kier alpha value is -2.77. The van der Waals surface area contributed by atoms with Crippen LogP contribution >= 0.6 is 0 Å². The summed E-state index contributed by atoms with van der Waals surface area (Å²) in [6.07, 6.45) is 2.06. The number of amides is 2. The fraction of sp³-hybridized carbons (Fsp3) is 0.591. The molecule has 0 spiro atoms. The summed E-state index contributed by atoms with van der Waals surface area (Å²) in [6, 6.07) is 7.53. The molecule has 1 aromatic carbocycles. The van der Waals surface area contributed by atoms with Gasteiger partial charge in [0.25, 0.3) is 0 Å². The molecule has 0 atom stereocenters. The number of aliphatic imine (C=N–C) groups is 1. The monoisotopic (exact) mass is 417 g/mol. The Morgan fingerprint density at radius 1 is 1.10 bits per heavy atom. The van der Waals surface area contributed by atoms with Gasteiger partial charge in [0.2, 0.25) is 11.8 Å². The lowest BCUT2D eigenvalue weighted by molar-refractivity contribution is -0.122. The Morgan fingerprint density at radius 3 is 2.30 bits per heavy atom. The van der Waals surface area contributed by atoms with Crippen LogP contribution in [0.5, 0.6) is 5.75 Å². The average molecular weight is 418 g/mol. The fourth-order valence-electron chi connectivity index (χ4n) is 2.63. The molecule has 0 aromatic heterocycles. The third kappa shape index (κ3) is 9.62. The standard InChI is InChI=1S/C22H35N5O3/c1-15(2)30-18-10-8-17(9-11-18)26-21(25-14-19(28)27-22(3,4)5)24-13-12-23-20(29)16-6-7-16/h8-11,15-16H,6-7,12-14H2,1-5H3,(H,23,29)(H,27,28)(H2,24,25,26). The molecule has 8 heteroatoms. The van der Waals surface area contributed by atoms with Crippen LogP contribution in [0.15, 0.2) is 29.3 Å². The maximum absolute atomic E-state index is 12.1. The minimum atomic E-state index is -0.313. The van der Waals surface area contributed by atoms with Gasteiger partial charge in [0, 0.05) is 30.2 Å². The molecule has 0 unspecified atom stereocenters. The van der Waals surface area contributed by atoms with E-state index in [0.717, 1.165) is 24.3 Å². The van der Waals surface area contributed by atoms with E-state index in [9.17, 15) is 9.59 Å². The molecule has 1 aliphatic rings. The number of rotatable bonds is 9. The summed E-state index contributed by atoms with van der Waals surface area (Å²) in [5.74, 6) is 1.38. The first-order chi connectivity index (χ1) is 14.1. The molecule has 4 N–H and O–H groups in total. The Balaban J connectivity index is 1.93. The minimum Gasteiger partial charge on any atom is -0.491 e. The van der Waals surface area contributed by atoms with E-state index in [-0.39, 0.29) is 35.9 Å². The number of nitrogens with zero attached hydrogens (tertiary/aromatic N) is 1. The Labute approximate surface area is 179 Å². The molecule has 0 bridgehead atoms. The van der Waals surface area contributed by atoms with Gasteiger partial charge in [0.15, 0.2) is 5.96 Å². The molecule has 8 nitrogen and oxygen atoms in total. The first kappa shape index (κ1) is 23.5. The van der Waals surface area contributed by atoms with Gasteiger partial charge in [-0.05, 0) is 71.7 Å². The number of hydrogen-bond acceptors (Lipinski definition) is 4. The lowest BCUT2D eigenvalue weighted by atomic mass is 10.1. The second-order valence-electron chi connectivity index (χ2n) is 8.77. The summed E-state index contributed by atoms with van der Waals surface area (Å²) in [6.45, 7) is 10.7. The van der Waals surface area contributed by atoms with Crippen LogP contribution in [-0.4, -0.2) is 49.1 Å². The molecule has 1 fully saturated rings. The highest BCUT2D eigenvalue weighted by Gasteiger charge is 2.28. The van der Waals surface area contributed by atoms with E-state index in [1.807, 2.05) is 58.9 Å². The average Bonchev–Trinajstić information content (AvgIpc) is 3.47. The van der Waals surface area contributed by atoms with Gasteiger partial charge in [-0.3, -0.25) is 9.59 Å². The first-order valence-electron chi connectivity index (χ1n) is 10.5. The van der Waals surface area contributed by atoms with Crippen LogP contribution in [0.3, 0.4) is 0 Å². The predicted molar refractivity (Wildman–Crippen MR) is 120 cm³/mol. The van der Waals surface area contributed by atoms with Crippen LogP contribution < -0.4 is 26.0 Å². The highest BCUT2D eigenvalue weighted by Crippen LogP contribution is 2.28. The minimum absolute atomic E-state index is 0.00438. The van der Waals surface area contributed by atoms with Crippen molar-refractivity contribution < 1.29 is 14.3 Å². The number of carbonyl (C=O) groups is 2. The van der Waals surface area contributed by atoms with Crippen molar-refractivity contribution in [3.05, 3.63) is 24.3 Å². The van der Waals surface area contributed by atoms with Gasteiger partial charge < -0.3 is 26.0 Å². The van der Waals surface area contributed by atoms with Crippen molar-refractivity contribution in [2.24, 2.45) is 10.9 Å². The lowest BCUT2D eigenvalue weighted by Gasteiger charge is -2.20. The maximum atomic E-state index is 12.1. The van der Waals surface area contributed by atoms with Gasteiger partial charge in [-0.1, -0.05) is 0 Å². The molecule has 2 rings (SSSR count). The van der Waals surface area contributed by atoms with Crippen LogP contribution in [0.1, 0.15) is 47.5 Å². The quantitative estimate of drug-likeness (QED) is 0.280. The lowest BCUT2D eigenvalue weighted by Crippen LogP contribution is -2.43. The molecule has 0 aliphatic heterocycles. The third-order valence-electron chi connectivity index (χ3n) is 4.05. The SMILES string of the molecule is CC(C)Oc1ccc(NC(=NCC(=O)NC(C)(C)C)NCCNC(=O)C2CC2)cc1. The fourth-order valence-corrected chi connectivity index (χ4v) is 2.63. The van der Waals surface area contributed by atoms with Crippen molar-refractivity contribution in [3.63, 3.8) is 0 Å². The first-order valence-corrected chi connectivity index (χ1v) is 10.5. The summed E-state index contributed by atoms with van der Waals surface area (Å²) >= 11 is 0. The number of ether oxygens (including phenoxy) is 1. The molecular formula is C22H35N5O3. The molecule has 1 aliphatic carbocycles. The number of carbonyl (C=O) groups excluding carboxylic acids is 2. The molecule has 2 amide bonds. The van der Waals surface area contributed by atoms with Gasteiger partial charge in [-0.2, -0.15) is 0 Å². The van der Waals surface area contributed by atoms with Crippen molar-refractivity contribution >= 4 is 23.5 Å². The molecule has 1 aromatic rings. The van der Waals surface area contributed by atoms with Gasteiger partial charge in [-0.25, -0.2) is 4.99 Å². The second-order valence-corrected chi connectivity index (χ2v) is 8.77. The van der Waals surface area contributed by atoms with Gasteiger partial charge in [0.05, 0.1) is 6.10 Å². The van der Waals surface area contributed by atoms with E-state index in [4.69, 9.17) is 4.74 Å². The molecule has 0 saturated heterocycles. The van der Waals surface area contributed by atoms with Crippen molar-refractivity contribution in [1.82, 2.24) is 16.0 Å². The molecule has 0 heterocycles. The molecule has 166 valence electrons. The van der Waals surface area contributed by atoms with Crippen molar-refractivity contribution in [2.45, 2.75) is 59.1 Å². The third-order valence-corrected chi connectivity index (χ3v) is 4.05. The topological polar surface area (TPSA) is 104 Å². The molecular weight excluding hydrogens is 382 g/mol. The van der Waals surface area contributed by atoms with Gasteiger partial charge in [0.1, 0.15) is 12.3 Å². The smallest absolute Gasteiger partial charge is 0.242 e. The number of hydrogen-bond donors (Lipinski definition) is 4. The summed E-state index contributed by atoms with van der Waals surface area (Å²) in [7, 11) is 0. The molecule has 0 radical (unpaired) electrons. The van der Waals surface area contributed by atoms with Gasteiger partial charge in [-0.15, -0.1) is 0 Å². The highest BCUT2D eigenvalue weighted by atomic mass is 16.5. The largest absolute Gasteiger partial charge is 0.491 e. The van der Waals surface area contributed by atoms with Crippen LogP contribution in [0.4, 0.5) is 5.69 Å². The van der Waals surface area contributed by atoms with Crippen LogP contribution in [-0.2, 0) is 9.59 Å². The van der Waals surface area contributed by atoms with E-state index < -0.39 is 0 Å². The van der Waals surface area contributed by atoms with Crippen molar-refractivity contribution in [2.75, 3.05) is 25.0 Å². The predicted octanol–water partition coefficient (Wildman–Crippen LogP) is 2.27. The normalized spacial score (nSPS) is 14.3. The Bertz CT molecular complexity index is 734. The van der Waals surface area contributed by atoms with Crippen molar-refractivity contribution in [3.8, 4) is 5.75 Å². The zero-order valence-electron chi connectivity index (χ0n) is 18.7. The van der Waals surface area contributed by atoms with E-state index in [2.05, 4.69) is 26.3 Å². The van der Waals surface area contributed by atoms with Gasteiger partial charge >= 0.3 is 0 Å². The van der Waals surface area contributed by atoms with Crippen LogP contribution in [0.2, 0.25) is 0 Å². The number of guanidine groups is 1. The summed E-state index contributed by atoms with van der Waals surface area (Å²) in [5.41, 5.74) is 0.503. The van der Waals surface area contributed by atoms with E-state index in [0.29, 0.717) is 19.0 Å². The zero-order chi connectivity index (χ0) is 22.1. The van der Waals surface area contributed by atoms with E-state index in [1.54, 1.807) is 0 Å². The number of benzene rings is 1. The second kappa shape index (κ2) is 10.8. The zero-order valence-corrected chi connectivity index (χ0v) is 18.7. The number of anilines is 1.